The highest BCUT2D eigenvalue weighted by atomic mass is 15.1. The third-order valence-electron chi connectivity index (χ3n) is 3.88. The van der Waals surface area contributed by atoms with Crippen LogP contribution < -0.4 is 11.1 Å². The van der Waals surface area contributed by atoms with Crippen molar-refractivity contribution < 1.29 is 0 Å². The highest BCUT2D eigenvalue weighted by Crippen LogP contribution is 2.30. The van der Waals surface area contributed by atoms with E-state index in [2.05, 4.69) is 22.2 Å². The second-order valence-electron chi connectivity index (χ2n) is 4.94. The lowest BCUT2D eigenvalue weighted by Gasteiger charge is -2.32. The molecule has 94 valence electrons. The van der Waals surface area contributed by atoms with E-state index < -0.39 is 0 Å². The van der Waals surface area contributed by atoms with Crippen LogP contribution in [0.3, 0.4) is 0 Å². The number of rotatable bonds is 3. The van der Waals surface area contributed by atoms with Gasteiger partial charge in [-0.1, -0.05) is 26.2 Å². The van der Waals surface area contributed by atoms with E-state index in [0.717, 1.165) is 17.3 Å². The van der Waals surface area contributed by atoms with Crippen LogP contribution in [0.2, 0.25) is 0 Å². The third-order valence-corrected chi connectivity index (χ3v) is 3.88. The summed E-state index contributed by atoms with van der Waals surface area (Å²) in [5, 5.41) is 3.56. The fourth-order valence-corrected chi connectivity index (χ4v) is 2.67. The van der Waals surface area contributed by atoms with Gasteiger partial charge < -0.3 is 11.1 Å². The highest BCUT2D eigenvalue weighted by Gasteiger charge is 2.24. The largest absolute Gasteiger partial charge is 0.383 e. The maximum Gasteiger partial charge on any atom is 0.134 e. The molecular weight excluding hydrogens is 212 g/mol. The Bertz CT molecular complexity index is 378. The molecule has 0 radical (unpaired) electrons. The predicted octanol–water partition coefficient (Wildman–Crippen LogP) is 2.75. The Morgan fingerprint density at radius 2 is 2.12 bits per heavy atom. The van der Waals surface area contributed by atoms with Gasteiger partial charge in [-0.25, -0.2) is 9.97 Å². The number of aromatic nitrogens is 2. The Kier molecular flexibility index (Phi) is 3.82. The molecule has 17 heavy (non-hydrogen) atoms. The van der Waals surface area contributed by atoms with Crippen molar-refractivity contribution >= 4 is 11.6 Å². The summed E-state index contributed by atoms with van der Waals surface area (Å²) in [5.74, 6) is 2.24. The molecule has 0 bridgehead atoms. The molecule has 1 aromatic heterocycles. The molecule has 0 saturated heterocycles. The summed E-state index contributed by atoms with van der Waals surface area (Å²) < 4.78 is 0. The Morgan fingerprint density at radius 3 is 2.88 bits per heavy atom. The van der Waals surface area contributed by atoms with E-state index in [9.17, 15) is 0 Å². The topological polar surface area (TPSA) is 63.8 Å². The van der Waals surface area contributed by atoms with Gasteiger partial charge in [0.25, 0.3) is 0 Å². The molecule has 2 unspecified atom stereocenters. The van der Waals surface area contributed by atoms with Crippen molar-refractivity contribution in [3.8, 4) is 0 Å². The number of nitrogens with one attached hydrogen (secondary N) is 1. The molecule has 0 spiro atoms. The summed E-state index contributed by atoms with van der Waals surface area (Å²) in [5.41, 5.74) is 6.77. The first kappa shape index (κ1) is 12.1. The monoisotopic (exact) mass is 234 g/mol. The standard InChI is InChI=1S/C13H22N4/c1-3-10-6-4-5-7-11(10)17-13-9(2)12(14)15-8-16-13/h8,10-11H,3-7H2,1-2H3,(H3,14,15,16,17). The number of anilines is 2. The summed E-state index contributed by atoms with van der Waals surface area (Å²) in [6.07, 6.45) is 8.01. The average molecular weight is 234 g/mol. The fraction of sp³-hybridized carbons (Fsp3) is 0.692. The van der Waals surface area contributed by atoms with E-state index in [4.69, 9.17) is 5.73 Å². The van der Waals surface area contributed by atoms with E-state index >= 15 is 0 Å². The number of nitrogens with zero attached hydrogens (tertiary/aromatic N) is 2. The van der Waals surface area contributed by atoms with Gasteiger partial charge in [-0.05, 0) is 25.7 Å². The van der Waals surface area contributed by atoms with Gasteiger partial charge >= 0.3 is 0 Å². The van der Waals surface area contributed by atoms with Crippen molar-refractivity contribution in [2.75, 3.05) is 11.1 Å². The van der Waals surface area contributed by atoms with E-state index in [1.807, 2.05) is 6.92 Å². The molecule has 3 N–H and O–H groups in total. The van der Waals surface area contributed by atoms with Crippen LogP contribution in [0.4, 0.5) is 11.6 Å². The van der Waals surface area contributed by atoms with Crippen molar-refractivity contribution in [3.63, 3.8) is 0 Å². The molecular formula is C13H22N4. The molecule has 4 heteroatoms. The van der Waals surface area contributed by atoms with Crippen LogP contribution in [0.1, 0.15) is 44.6 Å². The maximum absolute atomic E-state index is 5.80. The van der Waals surface area contributed by atoms with Gasteiger partial charge in [-0.2, -0.15) is 0 Å². The molecule has 0 amide bonds. The highest BCUT2D eigenvalue weighted by molar-refractivity contribution is 5.54. The second-order valence-corrected chi connectivity index (χ2v) is 4.94. The van der Waals surface area contributed by atoms with Gasteiger partial charge in [0.2, 0.25) is 0 Å². The van der Waals surface area contributed by atoms with Crippen LogP contribution in [-0.4, -0.2) is 16.0 Å². The van der Waals surface area contributed by atoms with Gasteiger partial charge in [-0.3, -0.25) is 0 Å². The first-order chi connectivity index (χ1) is 8.22. The van der Waals surface area contributed by atoms with Crippen LogP contribution in [0.15, 0.2) is 6.33 Å². The van der Waals surface area contributed by atoms with Gasteiger partial charge in [0.15, 0.2) is 0 Å². The van der Waals surface area contributed by atoms with Crippen molar-refractivity contribution in [2.45, 2.75) is 52.0 Å². The Hall–Kier alpha value is -1.32. The Balaban J connectivity index is 2.11. The molecule has 4 nitrogen and oxygen atoms in total. The molecule has 0 aliphatic heterocycles. The lowest BCUT2D eigenvalue weighted by molar-refractivity contribution is 0.316. The normalized spacial score (nSPS) is 24.6. The van der Waals surface area contributed by atoms with Crippen LogP contribution in [-0.2, 0) is 0 Å². The predicted molar refractivity (Wildman–Crippen MR) is 70.8 cm³/mol. The van der Waals surface area contributed by atoms with Crippen LogP contribution in [0, 0.1) is 12.8 Å². The first-order valence-corrected chi connectivity index (χ1v) is 6.56. The first-order valence-electron chi connectivity index (χ1n) is 6.56. The quantitative estimate of drug-likeness (QED) is 0.844. The van der Waals surface area contributed by atoms with Crippen molar-refractivity contribution in [2.24, 2.45) is 5.92 Å². The van der Waals surface area contributed by atoms with E-state index in [1.165, 1.54) is 38.4 Å². The molecule has 0 aromatic carbocycles. The van der Waals surface area contributed by atoms with Crippen LogP contribution in [0.25, 0.3) is 0 Å². The second kappa shape index (κ2) is 5.34. The van der Waals surface area contributed by atoms with Gasteiger partial charge in [0.05, 0.1) is 0 Å². The minimum atomic E-state index is 0.543. The summed E-state index contributed by atoms with van der Waals surface area (Å²) in [4.78, 5) is 8.30. The summed E-state index contributed by atoms with van der Waals surface area (Å²) >= 11 is 0. The van der Waals surface area contributed by atoms with Crippen molar-refractivity contribution in [1.82, 2.24) is 9.97 Å². The van der Waals surface area contributed by atoms with E-state index in [1.54, 1.807) is 0 Å². The molecule has 2 atom stereocenters. The minimum absolute atomic E-state index is 0.543. The summed E-state index contributed by atoms with van der Waals surface area (Å²) in [6.45, 7) is 4.24. The third kappa shape index (κ3) is 2.68. The molecule has 1 fully saturated rings. The molecule has 1 saturated carbocycles. The fourth-order valence-electron chi connectivity index (χ4n) is 2.67. The number of hydrogen-bond acceptors (Lipinski definition) is 4. The smallest absolute Gasteiger partial charge is 0.134 e. The van der Waals surface area contributed by atoms with Crippen LogP contribution >= 0.6 is 0 Å². The minimum Gasteiger partial charge on any atom is -0.383 e. The zero-order valence-electron chi connectivity index (χ0n) is 10.7. The maximum atomic E-state index is 5.80. The zero-order valence-corrected chi connectivity index (χ0v) is 10.7. The molecule has 1 aromatic rings. The lowest BCUT2D eigenvalue weighted by Crippen LogP contribution is -2.32. The number of nitrogen functional groups attached to an aromatic ring is 1. The van der Waals surface area contributed by atoms with Crippen molar-refractivity contribution in [3.05, 3.63) is 11.9 Å². The molecule has 1 aliphatic rings. The van der Waals surface area contributed by atoms with E-state index in [-0.39, 0.29) is 0 Å². The SMILES string of the molecule is CCC1CCCCC1Nc1ncnc(N)c1C. The Morgan fingerprint density at radius 1 is 1.35 bits per heavy atom. The lowest BCUT2D eigenvalue weighted by atomic mass is 9.83. The molecule has 2 rings (SSSR count). The molecule has 1 heterocycles. The molecule has 1 aliphatic carbocycles. The van der Waals surface area contributed by atoms with Gasteiger partial charge in [-0.15, -0.1) is 0 Å². The number of hydrogen-bond donors (Lipinski definition) is 2. The Labute approximate surface area is 103 Å². The zero-order chi connectivity index (χ0) is 12.3. The van der Waals surface area contributed by atoms with Gasteiger partial charge in [0, 0.05) is 11.6 Å². The summed E-state index contributed by atoms with van der Waals surface area (Å²) in [6, 6.07) is 0.543. The average Bonchev–Trinajstić information content (AvgIpc) is 2.35. The van der Waals surface area contributed by atoms with E-state index in [0.29, 0.717) is 11.9 Å². The van der Waals surface area contributed by atoms with Gasteiger partial charge in [0.1, 0.15) is 18.0 Å². The van der Waals surface area contributed by atoms with Crippen LogP contribution in [0.5, 0.6) is 0 Å². The summed E-state index contributed by atoms with van der Waals surface area (Å²) in [7, 11) is 0. The number of nitrogens with two attached hydrogens (primary N) is 1. The van der Waals surface area contributed by atoms with Crippen molar-refractivity contribution in [1.29, 1.82) is 0 Å².